The molecule has 1 fully saturated rings. The Labute approximate surface area is 156 Å². The number of rotatable bonds is 6. The maximum atomic E-state index is 13.0. The Balaban J connectivity index is 1.99. The lowest BCUT2D eigenvalue weighted by molar-refractivity contribution is -0.136. The van der Waals surface area contributed by atoms with Crippen LogP contribution in [0.15, 0.2) is 24.3 Å². The topological polar surface area (TPSA) is 52.6 Å². The van der Waals surface area contributed by atoms with Gasteiger partial charge in [-0.3, -0.25) is 14.5 Å². The molecular weight excluding hydrogens is 326 g/mol. The molecule has 1 aliphatic rings. The lowest BCUT2D eigenvalue weighted by Gasteiger charge is -2.37. The number of amides is 2. The van der Waals surface area contributed by atoms with Crippen molar-refractivity contribution in [2.24, 2.45) is 5.92 Å². The van der Waals surface area contributed by atoms with Crippen LogP contribution in [0.4, 0.5) is 0 Å². The van der Waals surface area contributed by atoms with E-state index in [0.29, 0.717) is 18.7 Å². The van der Waals surface area contributed by atoms with Crippen LogP contribution in [0.5, 0.6) is 0 Å². The number of carbonyl (C=O) groups is 2. The summed E-state index contributed by atoms with van der Waals surface area (Å²) in [6.45, 7) is 9.69. The van der Waals surface area contributed by atoms with E-state index in [-0.39, 0.29) is 17.7 Å². The monoisotopic (exact) mass is 355 g/mol. The second-order valence-electron chi connectivity index (χ2n) is 7.13. The standard InChI is InChI=1S/C21H29N3O2/c1-5-6-11-23-12-14-24(15-13-23)21(26)19(16(2)3)22-20(25)18-10-8-7-9-17(18)4/h1,7-10,16,19H,6,11-15H2,2-4H3,(H,22,25)/t19-/m0/s1. The second-order valence-corrected chi connectivity index (χ2v) is 7.13. The maximum absolute atomic E-state index is 13.0. The zero-order valence-electron chi connectivity index (χ0n) is 16.0. The highest BCUT2D eigenvalue weighted by Gasteiger charge is 2.31. The molecule has 0 bridgehead atoms. The molecule has 1 aromatic rings. The molecule has 1 heterocycles. The minimum absolute atomic E-state index is 0.00136. The predicted molar refractivity (Wildman–Crippen MR) is 104 cm³/mol. The number of aryl methyl sites for hydroxylation is 1. The minimum Gasteiger partial charge on any atom is -0.340 e. The molecule has 26 heavy (non-hydrogen) atoms. The molecule has 1 aliphatic heterocycles. The van der Waals surface area contributed by atoms with Gasteiger partial charge in [-0.2, -0.15) is 0 Å². The summed E-state index contributed by atoms with van der Waals surface area (Å²) in [6.07, 6.45) is 6.05. The third-order valence-electron chi connectivity index (χ3n) is 4.87. The van der Waals surface area contributed by atoms with Crippen molar-refractivity contribution in [2.75, 3.05) is 32.7 Å². The fourth-order valence-corrected chi connectivity index (χ4v) is 3.17. The van der Waals surface area contributed by atoms with Crippen LogP contribution < -0.4 is 5.32 Å². The van der Waals surface area contributed by atoms with Gasteiger partial charge in [0.2, 0.25) is 5.91 Å². The summed E-state index contributed by atoms with van der Waals surface area (Å²) in [6, 6.07) is 6.91. The zero-order chi connectivity index (χ0) is 19.1. The predicted octanol–water partition coefficient (Wildman–Crippen LogP) is 1.92. The fourth-order valence-electron chi connectivity index (χ4n) is 3.17. The van der Waals surface area contributed by atoms with Crippen LogP contribution in [0.2, 0.25) is 0 Å². The Morgan fingerprint density at radius 1 is 1.19 bits per heavy atom. The molecule has 1 atom stereocenters. The van der Waals surface area contributed by atoms with Gasteiger partial charge in [-0.1, -0.05) is 32.0 Å². The van der Waals surface area contributed by atoms with Crippen molar-refractivity contribution in [3.8, 4) is 12.3 Å². The summed E-state index contributed by atoms with van der Waals surface area (Å²) in [5, 5.41) is 2.95. The molecule has 140 valence electrons. The number of piperazine rings is 1. The Hall–Kier alpha value is -2.32. The maximum Gasteiger partial charge on any atom is 0.252 e. The summed E-state index contributed by atoms with van der Waals surface area (Å²) in [5.74, 6) is 2.48. The Morgan fingerprint density at radius 3 is 2.42 bits per heavy atom. The highest BCUT2D eigenvalue weighted by Crippen LogP contribution is 2.13. The summed E-state index contributed by atoms with van der Waals surface area (Å²) in [4.78, 5) is 29.7. The molecule has 0 spiro atoms. The SMILES string of the molecule is C#CCCN1CCN(C(=O)[C@@H](NC(=O)c2ccccc2C)C(C)C)CC1. The summed E-state index contributed by atoms with van der Waals surface area (Å²) < 4.78 is 0. The molecule has 0 radical (unpaired) electrons. The van der Waals surface area contributed by atoms with Crippen LogP contribution >= 0.6 is 0 Å². The summed E-state index contributed by atoms with van der Waals surface area (Å²) >= 11 is 0. The second kappa shape index (κ2) is 9.40. The van der Waals surface area contributed by atoms with Crippen molar-refractivity contribution in [1.29, 1.82) is 0 Å². The number of nitrogens with one attached hydrogen (secondary N) is 1. The van der Waals surface area contributed by atoms with Gasteiger partial charge in [0, 0.05) is 44.7 Å². The van der Waals surface area contributed by atoms with Crippen LogP contribution in [0, 0.1) is 25.2 Å². The van der Waals surface area contributed by atoms with E-state index < -0.39 is 6.04 Å². The average molecular weight is 355 g/mol. The molecule has 0 unspecified atom stereocenters. The number of benzene rings is 1. The van der Waals surface area contributed by atoms with Crippen molar-refractivity contribution in [3.05, 3.63) is 35.4 Å². The van der Waals surface area contributed by atoms with Crippen molar-refractivity contribution < 1.29 is 9.59 Å². The van der Waals surface area contributed by atoms with Gasteiger partial charge in [-0.25, -0.2) is 0 Å². The lowest BCUT2D eigenvalue weighted by atomic mass is 10.0. The van der Waals surface area contributed by atoms with Crippen LogP contribution in [-0.2, 0) is 4.79 Å². The molecule has 0 aromatic heterocycles. The quantitative estimate of drug-likeness (QED) is 0.793. The number of hydrogen-bond donors (Lipinski definition) is 1. The highest BCUT2D eigenvalue weighted by atomic mass is 16.2. The van der Waals surface area contributed by atoms with Gasteiger partial charge >= 0.3 is 0 Å². The smallest absolute Gasteiger partial charge is 0.252 e. The largest absolute Gasteiger partial charge is 0.340 e. The van der Waals surface area contributed by atoms with E-state index in [4.69, 9.17) is 6.42 Å². The third kappa shape index (κ3) is 5.09. The average Bonchev–Trinajstić information content (AvgIpc) is 2.64. The normalized spacial score (nSPS) is 16.2. The van der Waals surface area contributed by atoms with Gasteiger partial charge in [0.25, 0.3) is 5.91 Å². The van der Waals surface area contributed by atoms with Crippen molar-refractivity contribution in [3.63, 3.8) is 0 Å². The third-order valence-corrected chi connectivity index (χ3v) is 4.87. The van der Waals surface area contributed by atoms with Gasteiger partial charge in [-0.15, -0.1) is 12.3 Å². The molecular formula is C21H29N3O2. The van der Waals surface area contributed by atoms with Crippen LogP contribution in [0.25, 0.3) is 0 Å². The molecule has 1 N–H and O–H groups in total. The van der Waals surface area contributed by atoms with E-state index in [2.05, 4.69) is 16.1 Å². The highest BCUT2D eigenvalue weighted by molar-refractivity contribution is 5.98. The van der Waals surface area contributed by atoms with Crippen molar-refractivity contribution in [1.82, 2.24) is 15.1 Å². The van der Waals surface area contributed by atoms with Gasteiger partial charge in [0.05, 0.1) is 0 Å². The number of carbonyl (C=O) groups excluding carboxylic acids is 2. The zero-order valence-corrected chi connectivity index (χ0v) is 16.0. The molecule has 2 amide bonds. The lowest BCUT2D eigenvalue weighted by Crippen LogP contribution is -2.56. The van der Waals surface area contributed by atoms with Gasteiger partial charge in [-0.05, 0) is 24.5 Å². The minimum atomic E-state index is -0.514. The van der Waals surface area contributed by atoms with Crippen molar-refractivity contribution in [2.45, 2.75) is 33.2 Å². The van der Waals surface area contributed by atoms with E-state index in [1.54, 1.807) is 6.07 Å². The fraction of sp³-hybridized carbons (Fsp3) is 0.524. The summed E-state index contributed by atoms with van der Waals surface area (Å²) in [5.41, 5.74) is 1.52. The van der Waals surface area contributed by atoms with E-state index in [9.17, 15) is 9.59 Å². The van der Waals surface area contributed by atoms with Gasteiger partial charge in [0.1, 0.15) is 6.04 Å². The molecule has 0 aliphatic carbocycles. The van der Waals surface area contributed by atoms with E-state index in [1.807, 2.05) is 43.9 Å². The Morgan fingerprint density at radius 2 is 1.85 bits per heavy atom. The van der Waals surface area contributed by atoms with E-state index in [1.165, 1.54) is 0 Å². The molecule has 5 nitrogen and oxygen atoms in total. The first-order valence-corrected chi connectivity index (χ1v) is 9.25. The molecule has 0 saturated carbocycles. The van der Waals surface area contributed by atoms with E-state index >= 15 is 0 Å². The first-order chi connectivity index (χ1) is 12.4. The molecule has 1 saturated heterocycles. The van der Waals surface area contributed by atoms with Gasteiger partial charge in [0.15, 0.2) is 0 Å². The first-order valence-electron chi connectivity index (χ1n) is 9.25. The molecule has 2 rings (SSSR count). The summed E-state index contributed by atoms with van der Waals surface area (Å²) in [7, 11) is 0. The number of nitrogens with zero attached hydrogens (tertiary/aromatic N) is 2. The van der Waals surface area contributed by atoms with Gasteiger partial charge < -0.3 is 10.2 Å². The van der Waals surface area contributed by atoms with E-state index in [0.717, 1.165) is 31.6 Å². The number of hydrogen-bond acceptors (Lipinski definition) is 3. The Kier molecular flexibility index (Phi) is 7.23. The van der Waals surface area contributed by atoms with Crippen LogP contribution in [0.1, 0.15) is 36.2 Å². The Bertz CT molecular complexity index is 670. The van der Waals surface area contributed by atoms with Crippen LogP contribution in [0.3, 0.4) is 0 Å². The van der Waals surface area contributed by atoms with Crippen LogP contribution in [-0.4, -0.2) is 60.4 Å². The number of terminal acetylenes is 1. The first kappa shape index (κ1) is 20.0. The molecule has 5 heteroatoms. The molecule has 1 aromatic carbocycles. The van der Waals surface area contributed by atoms with Crippen molar-refractivity contribution >= 4 is 11.8 Å².